The van der Waals surface area contributed by atoms with E-state index in [9.17, 15) is 0 Å². The van der Waals surface area contributed by atoms with Gasteiger partial charge < -0.3 is 5.73 Å². The Morgan fingerprint density at radius 2 is 2.38 bits per heavy atom. The highest BCUT2D eigenvalue weighted by molar-refractivity contribution is 6.20. The summed E-state index contributed by atoms with van der Waals surface area (Å²) in [5, 5.41) is 8.04. The first kappa shape index (κ1) is 7.74. The van der Waals surface area contributed by atoms with Gasteiger partial charge in [-0.3, -0.25) is 0 Å². The van der Waals surface area contributed by atoms with Gasteiger partial charge in [0.1, 0.15) is 0 Å². The molecular formula is C5H9ClN2. The molecule has 0 aliphatic carbocycles. The predicted molar refractivity (Wildman–Crippen MR) is 33.5 cm³/mol. The van der Waals surface area contributed by atoms with Crippen molar-refractivity contribution in [3.05, 3.63) is 0 Å². The van der Waals surface area contributed by atoms with Gasteiger partial charge in [-0.2, -0.15) is 5.26 Å². The molecule has 1 unspecified atom stereocenters. The fraction of sp³-hybridized carbons (Fsp3) is 0.800. The van der Waals surface area contributed by atoms with E-state index in [0.717, 1.165) is 6.42 Å². The number of halogens is 1. The first-order valence-electron chi connectivity index (χ1n) is 2.52. The van der Waals surface area contributed by atoms with Crippen LogP contribution < -0.4 is 5.73 Å². The minimum absolute atomic E-state index is 0.0509. The lowest BCUT2D eigenvalue weighted by Gasteiger charge is -1.98. The van der Waals surface area contributed by atoms with Gasteiger partial charge in [0, 0.05) is 5.38 Å². The molecule has 2 nitrogen and oxygen atoms in total. The number of nitrogens with two attached hydrogens (primary N) is 1. The highest BCUT2D eigenvalue weighted by Crippen LogP contribution is 2.03. The molecule has 0 amide bonds. The van der Waals surface area contributed by atoms with Crippen LogP contribution in [-0.4, -0.2) is 11.9 Å². The van der Waals surface area contributed by atoms with Gasteiger partial charge in [-0.15, -0.1) is 11.6 Å². The Morgan fingerprint density at radius 1 is 1.75 bits per heavy atom. The van der Waals surface area contributed by atoms with Crippen LogP contribution in [-0.2, 0) is 0 Å². The van der Waals surface area contributed by atoms with Crippen LogP contribution in [0, 0.1) is 11.3 Å². The van der Waals surface area contributed by atoms with Gasteiger partial charge in [0.05, 0.1) is 12.5 Å². The standard InChI is InChI=1S/C5H9ClN2/c6-5(1-3-7)2-4-8/h5H,1-3,7H2. The molecule has 0 aliphatic rings. The molecule has 1 atom stereocenters. The van der Waals surface area contributed by atoms with Crippen molar-refractivity contribution in [2.75, 3.05) is 6.54 Å². The SMILES string of the molecule is N#CCC(Cl)CCN. The number of nitriles is 1. The van der Waals surface area contributed by atoms with Crippen LogP contribution in [0.25, 0.3) is 0 Å². The summed E-state index contributed by atoms with van der Waals surface area (Å²) in [5.74, 6) is 0. The number of hydrogen-bond donors (Lipinski definition) is 1. The van der Waals surface area contributed by atoms with Crippen LogP contribution in [0.4, 0.5) is 0 Å². The Labute approximate surface area is 54.2 Å². The second kappa shape index (κ2) is 4.89. The summed E-state index contributed by atoms with van der Waals surface area (Å²) >= 11 is 5.58. The molecule has 0 radical (unpaired) electrons. The third kappa shape index (κ3) is 3.91. The molecule has 0 aromatic rings. The van der Waals surface area contributed by atoms with Gasteiger partial charge in [-0.1, -0.05) is 0 Å². The molecule has 3 heteroatoms. The van der Waals surface area contributed by atoms with Crippen LogP contribution >= 0.6 is 11.6 Å². The van der Waals surface area contributed by atoms with Gasteiger partial charge in [-0.05, 0) is 13.0 Å². The van der Waals surface area contributed by atoms with Crippen molar-refractivity contribution in [3.8, 4) is 6.07 Å². The Bertz CT molecular complexity index is 86.9. The highest BCUT2D eigenvalue weighted by atomic mass is 35.5. The quantitative estimate of drug-likeness (QED) is 0.579. The summed E-state index contributed by atoms with van der Waals surface area (Å²) in [6.07, 6.45) is 1.13. The fourth-order valence-corrected chi connectivity index (χ4v) is 0.577. The number of rotatable bonds is 3. The van der Waals surface area contributed by atoms with Gasteiger partial charge >= 0.3 is 0 Å². The molecule has 2 N–H and O–H groups in total. The third-order valence-corrected chi connectivity index (χ3v) is 1.17. The fourth-order valence-electron chi connectivity index (χ4n) is 0.382. The average molecular weight is 133 g/mol. The van der Waals surface area contributed by atoms with Gasteiger partial charge in [0.25, 0.3) is 0 Å². The van der Waals surface area contributed by atoms with Crippen LogP contribution in [0.15, 0.2) is 0 Å². The first-order chi connectivity index (χ1) is 3.81. The first-order valence-corrected chi connectivity index (χ1v) is 2.96. The zero-order valence-electron chi connectivity index (χ0n) is 4.60. The van der Waals surface area contributed by atoms with Gasteiger partial charge in [0.2, 0.25) is 0 Å². The molecule has 0 rings (SSSR count). The van der Waals surface area contributed by atoms with Crippen LogP contribution in [0.3, 0.4) is 0 Å². The van der Waals surface area contributed by atoms with E-state index in [0.29, 0.717) is 13.0 Å². The molecular weight excluding hydrogens is 124 g/mol. The Kier molecular flexibility index (Phi) is 4.73. The van der Waals surface area contributed by atoms with E-state index in [4.69, 9.17) is 22.6 Å². The lowest BCUT2D eigenvalue weighted by atomic mass is 10.2. The van der Waals surface area contributed by atoms with E-state index >= 15 is 0 Å². The zero-order valence-corrected chi connectivity index (χ0v) is 5.36. The molecule has 0 aliphatic heterocycles. The van der Waals surface area contributed by atoms with Crippen molar-refractivity contribution in [1.82, 2.24) is 0 Å². The highest BCUT2D eigenvalue weighted by Gasteiger charge is 1.99. The van der Waals surface area contributed by atoms with E-state index in [2.05, 4.69) is 0 Å². The second-order valence-corrected chi connectivity index (χ2v) is 2.15. The van der Waals surface area contributed by atoms with Crippen molar-refractivity contribution >= 4 is 11.6 Å². The Morgan fingerprint density at radius 3 is 2.75 bits per heavy atom. The van der Waals surface area contributed by atoms with Crippen molar-refractivity contribution in [3.63, 3.8) is 0 Å². The Hall–Kier alpha value is -0.260. The van der Waals surface area contributed by atoms with Crippen LogP contribution in [0.2, 0.25) is 0 Å². The molecule has 0 saturated carbocycles. The smallest absolute Gasteiger partial charge is 0.0637 e. The van der Waals surface area contributed by atoms with Crippen LogP contribution in [0.5, 0.6) is 0 Å². The lowest BCUT2D eigenvalue weighted by Crippen LogP contribution is -2.06. The molecule has 0 aromatic heterocycles. The summed E-state index contributed by atoms with van der Waals surface area (Å²) in [4.78, 5) is 0. The van der Waals surface area contributed by atoms with Crippen molar-refractivity contribution in [2.45, 2.75) is 18.2 Å². The maximum Gasteiger partial charge on any atom is 0.0637 e. The van der Waals surface area contributed by atoms with Crippen molar-refractivity contribution in [1.29, 1.82) is 5.26 Å². The lowest BCUT2D eigenvalue weighted by molar-refractivity contribution is 0.773. The van der Waals surface area contributed by atoms with Crippen molar-refractivity contribution in [2.24, 2.45) is 5.73 Å². The van der Waals surface area contributed by atoms with Crippen LogP contribution in [0.1, 0.15) is 12.8 Å². The number of nitrogens with zero attached hydrogens (tertiary/aromatic N) is 1. The third-order valence-electron chi connectivity index (χ3n) is 0.793. The van der Waals surface area contributed by atoms with E-state index in [-0.39, 0.29) is 5.38 Å². The predicted octanol–water partition coefficient (Wildman–Crippen LogP) is 0.856. The normalized spacial score (nSPS) is 12.6. The van der Waals surface area contributed by atoms with Gasteiger partial charge in [-0.25, -0.2) is 0 Å². The number of alkyl halides is 1. The molecule has 0 bridgehead atoms. The summed E-state index contributed by atoms with van der Waals surface area (Å²) in [6.45, 7) is 0.565. The topological polar surface area (TPSA) is 49.8 Å². The molecule has 8 heavy (non-hydrogen) atoms. The van der Waals surface area contributed by atoms with E-state index in [1.807, 2.05) is 6.07 Å². The van der Waals surface area contributed by atoms with Gasteiger partial charge in [0.15, 0.2) is 0 Å². The Balaban J connectivity index is 3.08. The maximum absolute atomic E-state index is 8.09. The summed E-state index contributed by atoms with van der Waals surface area (Å²) in [7, 11) is 0. The number of hydrogen-bond acceptors (Lipinski definition) is 2. The largest absolute Gasteiger partial charge is 0.330 e. The average Bonchev–Trinajstić information content (AvgIpc) is 1.68. The molecule has 46 valence electrons. The van der Waals surface area contributed by atoms with E-state index < -0.39 is 0 Å². The molecule has 0 aromatic carbocycles. The maximum atomic E-state index is 8.09. The monoisotopic (exact) mass is 132 g/mol. The molecule has 0 heterocycles. The summed E-state index contributed by atoms with van der Waals surface area (Å²) < 4.78 is 0. The van der Waals surface area contributed by atoms with Crippen molar-refractivity contribution < 1.29 is 0 Å². The molecule has 0 spiro atoms. The molecule has 0 fully saturated rings. The van der Waals surface area contributed by atoms with E-state index in [1.54, 1.807) is 0 Å². The second-order valence-electron chi connectivity index (χ2n) is 1.54. The zero-order chi connectivity index (χ0) is 6.41. The van der Waals surface area contributed by atoms with E-state index in [1.165, 1.54) is 0 Å². The summed E-state index contributed by atoms with van der Waals surface area (Å²) in [5.41, 5.74) is 5.17. The summed E-state index contributed by atoms with van der Waals surface area (Å²) in [6, 6.07) is 1.96. The minimum Gasteiger partial charge on any atom is -0.330 e. The molecule has 0 saturated heterocycles. The minimum atomic E-state index is -0.0509.